The minimum atomic E-state index is -0.261. The zero-order valence-electron chi connectivity index (χ0n) is 13.1. The minimum Gasteiger partial charge on any atom is -0.347 e. The molecule has 8 heteroatoms. The molecule has 0 atom stereocenters. The summed E-state index contributed by atoms with van der Waals surface area (Å²) in [5.41, 5.74) is 1.26. The van der Waals surface area contributed by atoms with Crippen molar-refractivity contribution in [3.8, 4) is 0 Å². The van der Waals surface area contributed by atoms with Gasteiger partial charge in [-0.1, -0.05) is 5.21 Å². The van der Waals surface area contributed by atoms with E-state index in [2.05, 4.69) is 20.6 Å². The third-order valence-corrected chi connectivity index (χ3v) is 4.42. The van der Waals surface area contributed by atoms with E-state index >= 15 is 0 Å². The van der Waals surface area contributed by atoms with Gasteiger partial charge in [-0.15, -0.1) is 5.10 Å². The van der Waals surface area contributed by atoms with Crippen molar-refractivity contribution in [1.29, 1.82) is 0 Å². The van der Waals surface area contributed by atoms with Crippen molar-refractivity contribution in [2.45, 2.75) is 25.4 Å². The average Bonchev–Trinajstić information content (AvgIpc) is 3.31. The maximum Gasteiger partial charge on any atom is 0.273 e. The van der Waals surface area contributed by atoms with Crippen LogP contribution in [-0.4, -0.2) is 49.8 Å². The predicted molar refractivity (Wildman–Crippen MR) is 83.8 cm³/mol. The van der Waals surface area contributed by atoms with E-state index in [4.69, 9.17) is 0 Å². The molecule has 1 saturated carbocycles. The Hall–Kier alpha value is -2.77. The molecule has 24 heavy (non-hydrogen) atoms. The molecule has 2 fully saturated rings. The molecule has 1 saturated heterocycles. The predicted octanol–water partition coefficient (Wildman–Crippen LogP) is 0.396. The Bertz CT molecular complexity index is 749. The van der Waals surface area contributed by atoms with Crippen LogP contribution in [-0.2, 0) is 11.3 Å². The summed E-state index contributed by atoms with van der Waals surface area (Å²) < 4.78 is 1.68. The maximum absolute atomic E-state index is 12.1. The number of likely N-dealkylation sites (tertiary alicyclic amines) is 1. The molecule has 0 radical (unpaired) electrons. The Labute approximate surface area is 138 Å². The molecule has 2 amide bonds. The van der Waals surface area contributed by atoms with Crippen LogP contribution in [0.25, 0.3) is 0 Å². The normalized spacial score (nSPS) is 17.4. The largest absolute Gasteiger partial charge is 0.347 e. The fourth-order valence-corrected chi connectivity index (χ4v) is 2.72. The fraction of sp³-hybridized carbons (Fsp3) is 0.438. The Balaban J connectivity index is 1.30. The number of carbonyl (C=O) groups is 2. The van der Waals surface area contributed by atoms with Gasteiger partial charge in [-0.2, -0.15) is 0 Å². The molecule has 0 spiro atoms. The third kappa shape index (κ3) is 2.99. The summed E-state index contributed by atoms with van der Waals surface area (Å²) in [5, 5.41) is 10.8. The molecule has 2 aromatic heterocycles. The van der Waals surface area contributed by atoms with Crippen LogP contribution >= 0.6 is 0 Å². The van der Waals surface area contributed by atoms with Crippen LogP contribution in [0.4, 0.5) is 0 Å². The lowest BCUT2D eigenvalue weighted by Crippen LogP contribution is -2.51. The van der Waals surface area contributed by atoms with Gasteiger partial charge in [0.15, 0.2) is 5.69 Å². The Kier molecular flexibility index (Phi) is 3.72. The second-order valence-corrected chi connectivity index (χ2v) is 6.29. The summed E-state index contributed by atoms with van der Waals surface area (Å²) >= 11 is 0. The Morgan fingerprint density at radius 1 is 1.21 bits per heavy atom. The van der Waals surface area contributed by atoms with Gasteiger partial charge in [0.25, 0.3) is 5.91 Å². The number of rotatable bonds is 5. The molecular formula is C16H18N6O2. The number of hydrogen-bond donors (Lipinski definition) is 1. The number of nitrogens with one attached hydrogen (secondary N) is 1. The van der Waals surface area contributed by atoms with Crippen molar-refractivity contribution in [1.82, 2.24) is 30.2 Å². The summed E-state index contributed by atoms with van der Waals surface area (Å²) in [6.45, 7) is 1.72. The van der Waals surface area contributed by atoms with E-state index in [9.17, 15) is 9.59 Å². The first-order valence-corrected chi connectivity index (χ1v) is 8.08. The fourth-order valence-electron chi connectivity index (χ4n) is 2.72. The molecule has 1 N–H and O–H groups in total. The van der Waals surface area contributed by atoms with Gasteiger partial charge in [0.1, 0.15) is 0 Å². The summed E-state index contributed by atoms with van der Waals surface area (Å²) in [7, 11) is 0. The molecule has 3 heterocycles. The highest BCUT2D eigenvalue weighted by Gasteiger charge is 2.40. The first-order chi connectivity index (χ1) is 11.7. The van der Waals surface area contributed by atoms with E-state index in [0.29, 0.717) is 19.6 Å². The second-order valence-electron chi connectivity index (χ2n) is 6.29. The van der Waals surface area contributed by atoms with Crippen molar-refractivity contribution in [2.75, 3.05) is 13.1 Å². The molecule has 2 aliphatic rings. The molecule has 1 aliphatic carbocycles. The van der Waals surface area contributed by atoms with Gasteiger partial charge >= 0.3 is 0 Å². The summed E-state index contributed by atoms with van der Waals surface area (Å²) in [6, 6.07) is 3.80. The summed E-state index contributed by atoms with van der Waals surface area (Å²) in [5.74, 6) is 0.237. The number of hydrogen-bond acceptors (Lipinski definition) is 5. The van der Waals surface area contributed by atoms with E-state index in [1.54, 1.807) is 23.3 Å². The number of aromatic nitrogens is 4. The maximum atomic E-state index is 12.1. The Morgan fingerprint density at radius 2 is 1.96 bits per heavy atom. The van der Waals surface area contributed by atoms with E-state index in [1.807, 2.05) is 17.0 Å². The molecule has 2 aromatic rings. The van der Waals surface area contributed by atoms with Crippen LogP contribution < -0.4 is 5.32 Å². The molecular weight excluding hydrogens is 308 g/mol. The van der Waals surface area contributed by atoms with Gasteiger partial charge in [0.2, 0.25) is 5.91 Å². The molecule has 0 unspecified atom stereocenters. The van der Waals surface area contributed by atoms with Crippen LogP contribution in [0.2, 0.25) is 0 Å². The van der Waals surface area contributed by atoms with Gasteiger partial charge in [-0.3, -0.25) is 14.6 Å². The summed E-state index contributed by atoms with van der Waals surface area (Å²) in [6.07, 6.45) is 7.05. The zero-order chi connectivity index (χ0) is 16.5. The van der Waals surface area contributed by atoms with Gasteiger partial charge in [-0.25, -0.2) is 4.68 Å². The van der Waals surface area contributed by atoms with Crippen molar-refractivity contribution >= 4 is 11.8 Å². The second kappa shape index (κ2) is 6.03. The standard InChI is InChI=1S/C16H18N6O2/c23-15(18-7-11-3-5-17-6-4-11)14-10-22(20-19-14)13-8-21(9-13)16(24)12-1-2-12/h3-6,10,12-13H,1-2,7-9H2,(H,18,23). The van der Waals surface area contributed by atoms with Gasteiger partial charge < -0.3 is 10.2 Å². The van der Waals surface area contributed by atoms with Crippen LogP contribution in [0, 0.1) is 5.92 Å². The minimum absolute atomic E-state index is 0.113. The van der Waals surface area contributed by atoms with Crippen molar-refractivity contribution in [3.05, 3.63) is 42.0 Å². The van der Waals surface area contributed by atoms with E-state index in [1.165, 1.54) is 0 Å². The van der Waals surface area contributed by atoms with E-state index in [-0.39, 0.29) is 29.5 Å². The topological polar surface area (TPSA) is 93.0 Å². The quantitative estimate of drug-likeness (QED) is 0.858. The van der Waals surface area contributed by atoms with Crippen molar-refractivity contribution in [2.24, 2.45) is 5.92 Å². The van der Waals surface area contributed by atoms with Gasteiger partial charge in [0, 0.05) is 37.9 Å². The van der Waals surface area contributed by atoms with Gasteiger partial charge in [0.05, 0.1) is 12.2 Å². The van der Waals surface area contributed by atoms with Gasteiger partial charge in [-0.05, 0) is 30.5 Å². The lowest BCUT2D eigenvalue weighted by atomic mass is 10.1. The number of nitrogens with zero attached hydrogens (tertiary/aromatic N) is 5. The summed E-state index contributed by atoms with van der Waals surface area (Å²) in [4.78, 5) is 29.8. The van der Waals surface area contributed by atoms with E-state index in [0.717, 1.165) is 18.4 Å². The SMILES string of the molecule is O=C(NCc1ccncc1)c1cn(C2CN(C(=O)C3CC3)C2)nn1. The zero-order valence-corrected chi connectivity index (χ0v) is 13.1. The van der Waals surface area contributed by atoms with Crippen molar-refractivity contribution < 1.29 is 9.59 Å². The first kappa shape index (κ1) is 14.8. The highest BCUT2D eigenvalue weighted by Crippen LogP contribution is 2.34. The molecule has 0 aromatic carbocycles. The van der Waals surface area contributed by atoms with Crippen LogP contribution in [0.1, 0.15) is 34.9 Å². The molecule has 4 rings (SSSR count). The average molecular weight is 326 g/mol. The Morgan fingerprint density at radius 3 is 2.67 bits per heavy atom. The molecule has 8 nitrogen and oxygen atoms in total. The smallest absolute Gasteiger partial charge is 0.273 e. The number of carbonyl (C=O) groups excluding carboxylic acids is 2. The van der Waals surface area contributed by atoms with Crippen LogP contribution in [0.15, 0.2) is 30.7 Å². The highest BCUT2D eigenvalue weighted by molar-refractivity contribution is 5.91. The van der Waals surface area contributed by atoms with E-state index < -0.39 is 0 Å². The van der Waals surface area contributed by atoms with Crippen LogP contribution in [0.3, 0.4) is 0 Å². The third-order valence-electron chi connectivity index (χ3n) is 4.42. The van der Waals surface area contributed by atoms with Crippen molar-refractivity contribution in [3.63, 3.8) is 0 Å². The highest BCUT2D eigenvalue weighted by atomic mass is 16.2. The first-order valence-electron chi connectivity index (χ1n) is 8.08. The lowest BCUT2D eigenvalue weighted by Gasteiger charge is -2.39. The van der Waals surface area contributed by atoms with Crippen LogP contribution in [0.5, 0.6) is 0 Å². The lowest BCUT2D eigenvalue weighted by molar-refractivity contribution is -0.138. The molecule has 0 bridgehead atoms. The number of amides is 2. The molecule has 124 valence electrons. The number of pyridine rings is 1. The molecule has 1 aliphatic heterocycles. The monoisotopic (exact) mass is 326 g/mol.